The molecule has 0 bridgehead atoms. The van der Waals surface area contributed by atoms with E-state index in [9.17, 15) is 9.59 Å². The van der Waals surface area contributed by atoms with Crippen LogP contribution in [-0.2, 0) is 19.1 Å². The van der Waals surface area contributed by atoms with Gasteiger partial charge in [-0.25, -0.2) is 0 Å². The minimum absolute atomic E-state index is 0.208. The molecule has 0 aromatic carbocycles. The lowest BCUT2D eigenvalue weighted by molar-refractivity contribution is -0.145. The number of methoxy groups -OCH3 is 1. The van der Waals surface area contributed by atoms with Gasteiger partial charge in [0, 0.05) is 20.3 Å². The van der Waals surface area contributed by atoms with Gasteiger partial charge in [0.2, 0.25) is 5.91 Å². The normalized spacial score (nSPS) is 9.57. The van der Waals surface area contributed by atoms with E-state index in [0.717, 1.165) is 6.42 Å². The maximum absolute atomic E-state index is 11.0. The third-order valence-electron chi connectivity index (χ3n) is 1.46. The summed E-state index contributed by atoms with van der Waals surface area (Å²) < 4.78 is 9.42. The van der Waals surface area contributed by atoms with Crippen LogP contribution in [0.3, 0.4) is 0 Å². The fourth-order valence-electron chi connectivity index (χ4n) is 0.850. The van der Waals surface area contributed by atoms with Crippen molar-refractivity contribution in [1.82, 2.24) is 5.32 Å². The highest BCUT2D eigenvalue weighted by Crippen LogP contribution is 1.87. The van der Waals surface area contributed by atoms with E-state index in [1.165, 1.54) is 0 Å². The van der Waals surface area contributed by atoms with Crippen molar-refractivity contribution in [1.29, 1.82) is 0 Å². The standard InChI is InChI=1S/C9H17NO4/c1-3-14-9(12)7-8(11)10-5-4-6-13-2/h3-7H2,1-2H3,(H,10,11). The van der Waals surface area contributed by atoms with Gasteiger partial charge in [-0.3, -0.25) is 9.59 Å². The number of nitrogens with one attached hydrogen (secondary N) is 1. The van der Waals surface area contributed by atoms with Crippen molar-refractivity contribution in [2.45, 2.75) is 19.8 Å². The maximum atomic E-state index is 11.0. The van der Waals surface area contributed by atoms with Gasteiger partial charge in [0.1, 0.15) is 6.42 Å². The fourth-order valence-corrected chi connectivity index (χ4v) is 0.850. The summed E-state index contributed by atoms with van der Waals surface area (Å²) in [5.41, 5.74) is 0. The zero-order chi connectivity index (χ0) is 10.8. The number of amides is 1. The average Bonchev–Trinajstić information content (AvgIpc) is 2.13. The van der Waals surface area contributed by atoms with Crippen LogP contribution in [0.4, 0.5) is 0 Å². The van der Waals surface area contributed by atoms with Crippen LogP contribution in [0, 0.1) is 0 Å². The molecule has 0 saturated heterocycles. The number of hydrogen-bond donors (Lipinski definition) is 1. The van der Waals surface area contributed by atoms with Crippen LogP contribution in [0.5, 0.6) is 0 Å². The molecule has 0 unspecified atom stereocenters. The van der Waals surface area contributed by atoms with Crippen molar-refractivity contribution < 1.29 is 19.1 Å². The molecule has 1 N–H and O–H groups in total. The SMILES string of the molecule is CCOC(=O)CC(=O)NCCCOC. The Balaban J connectivity index is 3.40. The van der Waals surface area contributed by atoms with Crippen molar-refractivity contribution in [3.05, 3.63) is 0 Å². The van der Waals surface area contributed by atoms with Crippen LogP contribution < -0.4 is 5.32 Å². The second-order valence-electron chi connectivity index (χ2n) is 2.68. The van der Waals surface area contributed by atoms with E-state index in [4.69, 9.17) is 4.74 Å². The minimum atomic E-state index is -0.489. The van der Waals surface area contributed by atoms with Crippen LogP contribution in [0.15, 0.2) is 0 Å². The lowest BCUT2D eigenvalue weighted by atomic mass is 10.4. The van der Waals surface area contributed by atoms with Crippen molar-refractivity contribution in [2.75, 3.05) is 26.9 Å². The van der Waals surface area contributed by atoms with E-state index in [1.54, 1.807) is 14.0 Å². The number of hydrogen-bond acceptors (Lipinski definition) is 4. The van der Waals surface area contributed by atoms with Crippen molar-refractivity contribution in [2.24, 2.45) is 0 Å². The van der Waals surface area contributed by atoms with E-state index in [0.29, 0.717) is 19.8 Å². The highest BCUT2D eigenvalue weighted by atomic mass is 16.5. The van der Waals surface area contributed by atoms with Gasteiger partial charge in [-0.1, -0.05) is 0 Å². The zero-order valence-corrected chi connectivity index (χ0v) is 8.67. The molecule has 0 aliphatic carbocycles. The molecule has 0 saturated carbocycles. The summed E-state index contributed by atoms with van der Waals surface area (Å²) in [5.74, 6) is -0.795. The van der Waals surface area contributed by atoms with Crippen molar-refractivity contribution in [3.63, 3.8) is 0 Å². The summed E-state index contributed by atoms with van der Waals surface area (Å²) in [4.78, 5) is 21.9. The predicted molar refractivity (Wildman–Crippen MR) is 50.8 cm³/mol. The van der Waals surface area contributed by atoms with Gasteiger partial charge in [0.05, 0.1) is 6.61 Å². The number of rotatable bonds is 7. The molecule has 14 heavy (non-hydrogen) atoms. The molecule has 0 aromatic rings. The highest BCUT2D eigenvalue weighted by molar-refractivity contribution is 5.94. The Morgan fingerprint density at radius 1 is 1.36 bits per heavy atom. The summed E-state index contributed by atoms with van der Waals surface area (Å²) >= 11 is 0. The quantitative estimate of drug-likeness (QED) is 0.362. The Morgan fingerprint density at radius 3 is 2.64 bits per heavy atom. The largest absolute Gasteiger partial charge is 0.466 e. The van der Waals surface area contributed by atoms with Gasteiger partial charge in [0.25, 0.3) is 0 Å². The topological polar surface area (TPSA) is 64.6 Å². The summed E-state index contributed by atoms with van der Waals surface area (Å²) in [5, 5.41) is 2.59. The molecule has 0 atom stereocenters. The molecular weight excluding hydrogens is 186 g/mol. The van der Waals surface area contributed by atoms with Gasteiger partial charge in [-0.05, 0) is 13.3 Å². The van der Waals surface area contributed by atoms with Gasteiger partial charge in [-0.2, -0.15) is 0 Å². The second-order valence-corrected chi connectivity index (χ2v) is 2.68. The fraction of sp³-hybridized carbons (Fsp3) is 0.778. The summed E-state index contributed by atoms with van der Waals surface area (Å²) in [6, 6.07) is 0. The first-order valence-corrected chi connectivity index (χ1v) is 4.62. The maximum Gasteiger partial charge on any atom is 0.315 e. The van der Waals surface area contributed by atoms with Crippen LogP contribution >= 0.6 is 0 Å². The van der Waals surface area contributed by atoms with Crippen LogP contribution in [0.1, 0.15) is 19.8 Å². The monoisotopic (exact) mass is 203 g/mol. The number of carbonyl (C=O) groups excluding carboxylic acids is 2. The lowest BCUT2D eigenvalue weighted by Crippen LogP contribution is -2.27. The molecule has 1 amide bonds. The van der Waals surface area contributed by atoms with Crippen LogP contribution in [-0.4, -0.2) is 38.7 Å². The molecule has 82 valence electrons. The molecule has 5 heteroatoms. The molecular formula is C9H17NO4. The lowest BCUT2D eigenvalue weighted by Gasteiger charge is -2.04. The van der Waals surface area contributed by atoms with Crippen LogP contribution in [0.2, 0.25) is 0 Å². The third kappa shape index (κ3) is 7.54. The van der Waals surface area contributed by atoms with E-state index >= 15 is 0 Å². The van der Waals surface area contributed by atoms with Crippen molar-refractivity contribution >= 4 is 11.9 Å². The molecule has 0 aliphatic heterocycles. The third-order valence-corrected chi connectivity index (χ3v) is 1.46. The summed E-state index contributed by atoms with van der Waals surface area (Å²) in [7, 11) is 1.60. The molecule has 0 aromatic heterocycles. The minimum Gasteiger partial charge on any atom is -0.466 e. The average molecular weight is 203 g/mol. The Hall–Kier alpha value is -1.10. The molecule has 5 nitrogen and oxygen atoms in total. The first-order valence-electron chi connectivity index (χ1n) is 4.62. The van der Waals surface area contributed by atoms with Gasteiger partial charge >= 0.3 is 5.97 Å². The van der Waals surface area contributed by atoms with Gasteiger partial charge in [-0.15, -0.1) is 0 Å². The zero-order valence-electron chi connectivity index (χ0n) is 8.67. The van der Waals surface area contributed by atoms with Gasteiger partial charge < -0.3 is 14.8 Å². The Bertz CT molecular complexity index is 182. The molecule has 0 radical (unpaired) electrons. The van der Waals surface area contributed by atoms with E-state index in [2.05, 4.69) is 10.1 Å². The second kappa shape index (κ2) is 8.50. The Morgan fingerprint density at radius 2 is 2.07 bits per heavy atom. The van der Waals surface area contributed by atoms with Gasteiger partial charge in [0.15, 0.2) is 0 Å². The first kappa shape index (κ1) is 12.9. The molecule has 0 heterocycles. The predicted octanol–water partition coefficient (Wildman–Crippen LogP) is 0.0923. The van der Waals surface area contributed by atoms with Crippen LogP contribution in [0.25, 0.3) is 0 Å². The summed E-state index contributed by atoms with van der Waals surface area (Å²) in [6.45, 7) is 3.12. The summed E-state index contributed by atoms with van der Waals surface area (Å²) in [6.07, 6.45) is 0.534. The Labute approximate surface area is 83.8 Å². The smallest absolute Gasteiger partial charge is 0.315 e. The van der Waals surface area contributed by atoms with Crippen molar-refractivity contribution in [3.8, 4) is 0 Å². The Kier molecular flexibility index (Phi) is 7.83. The molecule has 0 aliphatic rings. The first-order chi connectivity index (χ1) is 6.70. The van der Waals surface area contributed by atoms with E-state index < -0.39 is 5.97 Å². The van der Waals surface area contributed by atoms with E-state index in [1.807, 2.05) is 0 Å². The number of carbonyl (C=O) groups is 2. The highest BCUT2D eigenvalue weighted by Gasteiger charge is 2.08. The van der Waals surface area contributed by atoms with E-state index in [-0.39, 0.29) is 12.3 Å². The number of esters is 1. The molecule has 0 rings (SSSR count). The molecule has 0 spiro atoms. The molecule has 0 fully saturated rings. The number of ether oxygens (including phenoxy) is 2.